The van der Waals surface area contributed by atoms with Gasteiger partial charge in [0.1, 0.15) is 0 Å². The molecule has 3 saturated heterocycles. The first-order valence-corrected chi connectivity index (χ1v) is 12.1. The zero-order valence-electron chi connectivity index (χ0n) is 18.0. The molecule has 3 nitrogen and oxygen atoms in total. The Kier molecular flexibility index (Phi) is 4.02. The number of hydrogen-bond acceptors (Lipinski definition) is 2. The molecule has 1 N–H and O–H groups in total. The first kappa shape index (κ1) is 18.4. The van der Waals surface area contributed by atoms with E-state index in [9.17, 15) is 4.79 Å². The Labute approximate surface area is 175 Å². The summed E-state index contributed by atoms with van der Waals surface area (Å²) in [7, 11) is 0. The van der Waals surface area contributed by atoms with Gasteiger partial charge in [-0.1, -0.05) is 43.7 Å². The molecule has 7 fully saturated rings. The third-order valence-electron chi connectivity index (χ3n) is 9.77. The molecule has 3 unspecified atom stereocenters. The van der Waals surface area contributed by atoms with Gasteiger partial charge in [0.25, 0.3) is 0 Å². The fourth-order valence-corrected chi connectivity index (χ4v) is 8.85. The third kappa shape index (κ3) is 2.76. The molecule has 4 aliphatic carbocycles. The van der Waals surface area contributed by atoms with E-state index >= 15 is 0 Å². The van der Waals surface area contributed by atoms with Crippen LogP contribution in [0.4, 0.5) is 0 Å². The largest absolute Gasteiger partial charge is 0.351 e. The van der Waals surface area contributed by atoms with Gasteiger partial charge in [-0.3, -0.25) is 4.79 Å². The van der Waals surface area contributed by atoms with Crippen molar-refractivity contribution in [2.45, 2.75) is 76.2 Å². The third-order valence-corrected chi connectivity index (χ3v) is 9.77. The number of nitrogens with zero attached hydrogens (tertiary/aromatic N) is 1. The van der Waals surface area contributed by atoms with Crippen LogP contribution in [-0.4, -0.2) is 36.5 Å². The molecule has 1 amide bonds. The van der Waals surface area contributed by atoms with E-state index < -0.39 is 0 Å². The molecule has 0 spiro atoms. The maximum absolute atomic E-state index is 13.9. The average Bonchev–Trinajstić information content (AvgIpc) is 2.74. The predicted molar refractivity (Wildman–Crippen MR) is 116 cm³/mol. The number of carbonyl (C=O) groups excluding carboxylic acids is 1. The molecule has 6 bridgehead atoms. The van der Waals surface area contributed by atoms with Gasteiger partial charge in [-0.25, -0.2) is 0 Å². The van der Waals surface area contributed by atoms with Crippen LogP contribution in [0.15, 0.2) is 30.3 Å². The van der Waals surface area contributed by atoms with Crippen molar-refractivity contribution in [3.8, 4) is 0 Å². The second-order valence-electron chi connectivity index (χ2n) is 11.5. The summed E-state index contributed by atoms with van der Waals surface area (Å²) in [5.74, 6) is 1.85. The number of benzene rings is 1. The Morgan fingerprint density at radius 2 is 1.86 bits per heavy atom. The van der Waals surface area contributed by atoms with Crippen LogP contribution in [-0.2, 0) is 10.2 Å². The van der Waals surface area contributed by atoms with Crippen LogP contribution >= 0.6 is 0 Å². The lowest BCUT2D eigenvalue weighted by Crippen LogP contribution is -2.65. The summed E-state index contributed by atoms with van der Waals surface area (Å²) >= 11 is 0. The zero-order valence-corrected chi connectivity index (χ0v) is 18.0. The number of carbonyl (C=O) groups is 1. The van der Waals surface area contributed by atoms with Crippen LogP contribution in [0.25, 0.3) is 0 Å². The lowest BCUT2D eigenvalue weighted by atomic mass is 9.38. The van der Waals surface area contributed by atoms with Crippen LogP contribution < -0.4 is 5.32 Å². The summed E-state index contributed by atoms with van der Waals surface area (Å²) in [6, 6.07) is 11.6. The van der Waals surface area contributed by atoms with Gasteiger partial charge in [0.15, 0.2) is 0 Å². The Bertz CT molecular complexity index is 800. The Hall–Kier alpha value is -1.35. The van der Waals surface area contributed by atoms with Gasteiger partial charge >= 0.3 is 0 Å². The fraction of sp³-hybridized carbons (Fsp3) is 0.731. The van der Waals surface area contributed by atoms with Gasteiger partial charge in [0, 0.05) is 12.6 Å². The van der Waals surface area contributed by atoms with Gasteiger partial charge in [-0.15, -0.1) is 0 Å². The second-order valence-corrected chi connectivity index (χ2v) is 11.5. The summed E-state index contributed by atoms with van der Waals surface area (Å²) in [4.78, 5) is 16.5. The molecular weight excluding hydrogens is 356 g/mol. The maximum atomic E-state index is 13.9. The number of hydrogen-bond donors (Lipinski definition) is 1. The number of fused-ring (bicyclic) bond motifs is 3. The number of rotatable bonds is 4. The smallest absolute Gasteiger partial charge is 0.226 e. The molecule has 1 aromatic rings. The van der Waals surface area contributed by atoms with E-state index in [4.69, 9.17) is 0 Å². The zero-order chi connectivity index (χ0) is 19.7. The number of piperidine rings is 3. The Balaban J connectivity index is 1.33. The highest BCUT2D eigenvalue weighted by Crippen LogP contribution is 2.71. The summed E-state index contributed by atoms with van der Waals surface area (Å²) in [5.41, 5.74) is 1.98. The Morgan fingerprint density at radius 1 is 1.07 bits per heavy atom. The van der Waals surface area contributed by atoms with Crippen molar-refractivity contribution >= 4 is 5.91 Å². The van der Waals surface area contributed by atoms with Crippen LogP contribution in [0.2, 0.25) is 0 Å². The molecule has 29 heavy (non-hydrogen) atoms. The average molecular weight is 393 g/mol. The van der Waals surface area contributed by atoms with E-state index in [1.165, 1.54) is 57.2 Å². The summed E-state index contributed by atoms with van der Waals surface area (Å²) in [6.45, 7) is 5.93. The normalized spacial score (nSPS) is 47.3. The van der Waals surface area contributed by atoms with Crippen molar-refractivity contribution < 1.29 is 4.79 Å². The van der Waals surface area contributed by atoms with Gasteiger partial charge in [0.05, 0.1) is 5.41 Å². The molecule has 8 rings (SSSR count). The van der Waals surface area contributed by atoms with Crippen molar-refractivity contribution in [1.82, 2.24) is 10.2 Å². The van der Waals surface area contributed by atoms with Crippen LogP contribution in [0, 0.1) is 22.7 Å². The SMILES string of the molecule is CC[C@]12CC3CC(C(=O)N[C@@H]4CN5CCC4CC5)(CC(c4ccccc4)(C3)C1)C2. The molecule has 3 aliphatic heterocycles. The molecule has 4 saturated carbocycles. The quantitative estimate of drug-likeness (QED) is 0.817. The molecule has 7 aliphatic rings. The van der Waals surface area contributed by atoms with E-state index in [0.717, 1.165) is 31.7 Å². The van der Waals surface area contributed by atoms with Gasteiger partial charge in [0.2, 0.25) is 5.91 Å². The minimum atomic E-state index is -0.128. The molecule has 3 heteroatoms. The standard InChI is InChI=1S/C26H36N2O/c1-2-24-12-19-13-25(16-24,21-6-4-3-5-7-21)18-26(14-19,17-24)23(29)27-22-15-28-10-8-20(22)9-11-28/h3-7,19-20,22H,2,8-18H2,1H3,(H,27,29)/t19?,22-,24+,25?,26?/m1/s1. The highest BCUT2D eigenvalue weighted by molar-refractivity contribution is 5.84. The summed E-state index contributed by atoms with van der Waals surface area (Å²) < 4.78 is 0. The molecule has 0 aromatic heterocycles. The van der Waals surface area contributed by atoms with Crippen LogP contribution in [0.5, 0.6) is 0 Å². The molecular formula is C26H36N2O. The van der Waals surface area contributed by atoms with Gasteiger partial charge < -0.3 is 10.2 Å². The molecule has 3 heterocycles. The van der Waals surface area contributed by atoms with Crippen molar-refractivity contribution in [2.75, 3.05) is 19.6 Å². The first-order valence-electron chi connectivity index (χ1n) is 12.1. The lowest BCUT2D eigenvalue weighted by Gasteiger charge is -2.66. The van der Waals surface area contributed by atoms with Crippen molar-refractivity contribution in [2.24, 2.45) is 22.7 Å². The van der Waals surface area contributed by atoms with Crippen LogP contribution in [0.1, 0.15) is 70.3 Å². The minimum absolute atomic E-state index is 0.128. The minimum Gasteiger partial charge on any atom is -0.351 e. The molecule has 156 valence electrons. The predicted octanol–water partition coefficient (Wildman–Crippen LogP) is 4.52. The molecule has 1 aromatic carbocycles. The second kappa shape index (κ2) is 6.33. The summed E-state index contributed by atoms with van der Waals surface area (Å²) in [5, 5.41) is 3.64. The van der Waals surface area contributed by atoms with E-state index in [2.05, 4.69) is 47.5 Å². The maximum Gasteiger partial charge on any atom is 0.226 e. The highest BCUT2D eigenvalue weighted by atomic mass is 16.2. The van der Waals surface area contributed by atoms with E-state index in [1.807, 2.05) is 0 Å². The van der Waals surface area contributed by atoms with Crippen LogP contribution in [0.3, 0.4) is 0 Å². The van der Waals surface area contributed by atoms with E-state index in [0.29, 0.717) is 23.3 Å². The lowest BCUT2D eigenvalue weighted by molar-refractivity contribution is -0.165. The van der Waals surface area contributed by atoms with Gasteiger partial charge in [-0.2, -0.15) is 0 Å². The van der Waals surface area contributed by atoms with Crippen molar-refractivity contribution in [3.05, 3.63) is 35.9 Å². The van der Waals surface area contributed by atoms with E-state index in [1.54, 1.807) is 0 Å². The first-order chi connectivity index (χ1) is 14.0. The fourth-order valence-electron chi connectivity index (χ4n) is 8.85. The number of amides is 1. The molecule has 5 atom stereocenters. The molecule has 0 radical (unpaired) electrons. The Morgan fingerprint density at radius 3 is 2.55 bits per heavy atom. The van der Waals surface area contributed by atoms with E-state index in [-0.39, 0.29) is 10.8 Å². The monoisotopic (exact) mass is 392 g/mol. The van der Waals surface area contributed by atoms with Crippen molar-refractivity contribution in [1.29, 1.82) is 0 Å². The highest BCUT2D eigenvalue weighted by Gasteiger charge is 2.65. The van der Waals surface area contributed by atoms with Crippen molar-refractivity contribution in [3.63, 3.8) is 0 Å². The topological polar surface area (TPSA) is 32.3 Å². The summed E-state index contributed by atoms with van der Waals surface area (Å²) in [6.07, 6.45) is 11.1. The van der Waals surface area contributed by atoms with Gasteiger partial charge in [-0.05, 0) is 92.7 Å². The number of nitrogens with one attached hydrogen (secondary N) is 1.